The minimum Gasteiger partial charge on any atom is -0.439 e. The average Bonchev–Trinajstić information content (AvgIpc) is 2.69. The van der Waals surface area contributed by atoms with E-state index < -0.39 is 0 Å². The summed E-state index contributed by atoms with van der Waals surface area (Å²) >= 11 is 5.33. The number of aromatic nitrogens is 2. The number of rotatable bonds is 7. The van der Waals surface area contributed by atoms with E-state index in [1.54, 1.807) is 7.11 Å². The maximum atomic E-state index is 5.96. The summed E-state index contributed by atoms with van der Waals surface area (Å²) in [6.45, 7) is 4.37. The van der Waals surface area contributed by atoms with Crippen LogP contribution in [-0.2, 0) is 4.74 Å². The third-order valence-corrected chi connectivity index (χ3v) is 4.82. The van der Waals surface area contributed by atoms with Crippen LogP contribution in [-0.4, -0.2) is 47.9 Å². The van der Waals surface area contributed by atoms with Gasteiger partial charge in [0.05, 0.1) is 6.61 Å². The van der Waals surface area contributed by atoms with E-state index in [0.717, 1.165) is 31.0 Å². The molecule has 1 unspecified atom stereocenters. The number of hydrogen-bond acceptors (Lipinski definition) is 6. The second kappa shape index (κ2) is 10.2. The molecular formula is C20H27N5O2S. The minimum absolute atomic E-state index is 0.413. The summed E-state index contributed by atoms with van der Waals surface area (Å²) < 4.78 is 11.0. The molecule has 0 saturated carbocycles. The van der Waals surface area contributed by atoms with Crippen molar-refractivity contribution in [2.75, 3.05) is 37.0 Å². The maximum absolute atomic E-state index is 5.96. The molecule has 0 bridgehead atoms. The molecule has 0 amide bonds. The van der Waals surface area contributed by atoms with Crippen LogP contribution in [0.3, 0.4) is 0 Å². The Hall–Kier alpha value is -2.45. The fourth-order valence-electron chi connectivity index (χ4n) is 3.13. The molecule has 28 heavy (non-hydrogen) atoms. The number of nitrogens with zero attached hydrogens (tertiary/aromatic N) is 3. The van der Waals surface area contributed by atoms with Gasteiger partial charge >= 0.3 is 0 Å². The Balaban J connectivity index is 1.81. The van der Waals surface area contributed by atoms with Gasteiger partial charge in [0.1, 0.15) is 11.6 Å². The lowest BCUT2D eigenvalue weighted by atomic mass is 10.0. The summed E-state index contributed by atoms with van der Waals surface area (Å²) in [6, 6.07) is 11.9. The molecule has 3 rings (SSSR count). The first kappa shape index (κ1) is 20.3. The normalized spacial score (nSPS) is 16.5. The molecule has 2 N–H and O–H groups in total. The molecule has 1 atom stereocenters. The second-order valence-corrected chi connectivity index (χ2v) is 7.12. The summed E-state index contributed by atoms with van der Waals surface area (Å²) in [5.41, 5.74) is 0. The van der Waals surface area contributed by atoms with E-state index in [1.807, 2.05) is 36.4 Å². The number of para-hydroxylation sites is 1. The van der Waals surface area contributed by atoms with Crippen molar-refractivity contribution in [1.82, 2.24) is 15.3 Å². The highest BCUT2D eigenvalue weighted by Crippen LogP contribution is 2.28. The largest absolute Gasteiger partial charge is 0.439 e. The number of piperidine rings is 1. The van der Waals surface area contributed by atoms with E-state index in [2.05, 4.69) is 32.4 Å². The Morgan fingerprint density at radius 2 is 2.07 bits per heavy atom. The van der Waals surface area contributed by atoms with Gasteiger partial charge in [0.15, 0.2) is 5.11 Å². The monoisotopic (exact) mass is 401 g/mol. The quantitative estimate of drug-likeness (QED) is 0.539. The maximum Gasteiger partial charge on any atom is 0.234 e. The molecule has 0 spiro atoms. The molecule has 150 valence electrons. The van der Waals surface area contributed by atoms with Gasteiger partial charge < -0.3 is 25.0 Å². The third kappa shape index (κ3) is 5.77. The van der Waals surface area contributed by atoms with Gasteiger partial charge in [0.2, 0.25) is 11.8 Å². The minimum atomic E-state index is 0.413. The number of ether oxygens (including phenoxy) is 2. The van der Waals surface area contributed by atoms with Crippen LogP contribution in [0.2, 0.25) is 0 Å². The molecule has 2 aromatic rings. The summed E-state index contributed by atoms with van der Waals surface area (Å²) in [4.78, 5) is 11.5. The predicted octanol–water partition coefficient (Wildman–Crippen LogP) is 3.58. The standard InChI is InChI=1S/C20H27N5O2S/c1-15-8-6-7-12-25(15)17-14-18(27-16-9-4-3-5-10-16)23-19(22-17)24-20(28)21-11-13-26-2/h3-5,9-10,14-15H,6-8,11-13H2,1-2H3,(H2,21,22,23,24,28). The number of methoxy groups -OCH3 is 1. The van der Waals surface area contributed by atoms with Crippen LogP contribution in [0, 0.1) is 0 Å². The molecule has 1 aliphatic rings. The summed E-state index contributed by atoms with van der Waals surface area (Å²) in [5.74, 6) is 2.47. The Kier molecular flexibility index (Phi) is 7.39. The van der Waals surface area contributed by atoms with E-state index in [4.69, 9.17) is 21.7 Å². The predicted molar refractivity (Wildman–Crippen MR) is 115 cm³/mol. The average molecular weight is 402 g/mol. The summed E-state index contributed by atoms with van der Waals surface area (Å²) in [5, 5.41) is 6.58. The van der Waals surface area contributed by atoms with Gasteiger partial charge in [-0.1, -0.05) is 18.2 Å². The van der Waals surface area contributed by atoms with Crippen LogP contribution in [0.5, 0.6) is 11.6 Å². The van der Waals surface area contributed by atoms with Crippen LogP contribution < -0.4 is 20.3 Å². The molecule has 2 heterocycles. The van der Waals surface area contributed by atoms with E-state index in [-0.39, 0.29) is 0 Å². The highest BCUT2D eigenvalue weighted by Gasteiger charge is 2.21. The molecule has 1 saturated heterocycles. The van der Waals surface area contributed by atoms with E-state index in [1.165, 1.54) is 6.42 Å². The Labute approximate surface area is 171 Å². The molecular weight excluding hydrogens is 374 g/mol. The Morgan fingerprint density at radius 3 is 2.82 bits per heavy atom. The summed E-state index contributed by atoms with van der Waals surface area (Å²) in [6.07, 6.45) is 3.55. The van der Waals surface area contributed by atoms with Crippen molar-refractivity contribution < 1.29 is 9.47 Å². The number of benzene rings is 1. The first-order valence-electron chi connectivity index (χ1n) is 9.58. The van der Waals surface area contributed by atoms with Gasteiger partial charge in [0.25, 0.3) is 0 Å². The van der Waals surface area contributed by atoms with E-state index >= 15 is 0 Å². The summed E-state index contributed by atoms with van der Waals surface area (Å²) in [7, 11) is 1.65. The zero-order valence-corrected chi connectivity index (χ0v) is 17.2. The highest BCUT2D eigenvalue weighted by atomic mass is 32.1. The van der Waals surface area contributed by atoms with E-state index in [0.29, 0.717) is 36.1 Å². The smallest absolute Gasteiger partial charge is 0.234 e. The van der Waals surface area contributed by atoms with Crippen molar-refractivity contribution >= 4 is 29.1 Å². The first-order chi connectivity index (χ1) is 13.7. The molecule has 7 nitrogen and oxygen atoms in total. The lowest BCUT2D eigenvalue weighted by molar-refractivity contribution is 0.204. The Morgan fingerprint density at radius 1 is 1.25 bits per heavy atom. The fourth-order valence-corrected chi connectivity index (χ4v) is 3.32. The lowest BCUT2D eigenvalue weighted by Crippen LogP contribution is -2.38. The van der Waals surface area contributed by atoms with Gasteiger partial charge in [-0.25, -0.2) is 0 Å². The van der Waals surface area contributed by atoms with Crippen LogP contribution >= 0.6 is 12.2 Å². The number of hydrogen-bond donors (Lipinski definition) is 2. The number of thiocarbonyl (C=S) groups is 1. The van der Waals surface area contributed by atoms with Gasteiger partial charge in [-0.15, -0.1) is 0 Å². The highest BCUT2D eigenvalue weighted by molar-refractivity contribution is 7.80. The zero-order chi connectivity index (χ0) is 19.8. The molecule has 0 radical (unpaired) electrons. The molecule has 1 aromatic carbocycles. The molecule has 8 heteroatoms. The molecule has 0 aliphatic carbocycles. The van der Waals surface area contributed by atoms with Crippen molar-refractivity contribution in [3.63, 3.8) is 0 Å². The zero-order valence-electron chi connectivity index (χ0n) is 16.4. The van der Waals surface area contributed by atoms with Crippen molar-refractivity contribution in [3.8, 4) is 11.6 Å². The first-order valence-corrected chi connectivity index (χ1v) is 9.99. The Bertz CT molecular complexity index is 774. The molecule has 1 aromatic heterocycles. The SMILES string of the molecule is COCCNC(=S)Nc1nc(Oc2ccccc2)cc(N2CCCCC2C)n1. The van der Waals surface area contributed by atoms with Gasteiger partial charge in [0, 0.05) is 32.3 Å². The lowest BCUT2D eigenvalue weighted by Gasteiger charge is -2.34. The van der Waals surface area contributed by atoms with Crippen molar-refractivity contribution in [3.05, 3.63) is 36.4 Å². The topological polar surface area (TPSA) is 71.5 Å². The van der Waals surface area contributed by atoms with Crippen molar-refractivity contribution in [2.24, 2.45) is 0 Å². The van der Waals surface area contributed by atoms with Crippen molar-refractivity contribution in [2.45, 2.75) is 32.2 Å². The number of nitrogens with one attached hydrogen (secondary N) is 2. The third-order valence-electron chi connectivity index (χ3n) is 4.57. The van der Waals surface area contributed by atoms with Crippen LogP contribution in [0.25, 0.3) is 0 Å². The second-order valence-electron chi connectivity index (χ2n) is 6.72. The van der Waals surface area contributed by atoms with Crippen LogP contribution in [0.1, 0.15) is 26.2 Å². The van der Waals surface area contributed by atoms with Crippen LogP contribution in [0.4, 0.5) is 11.8 Å². The van der Waals surface area contributed by atoms with Gasteiger partial charge in [-0.05, 0) is 50.5 Å². The van der Waals surface area contributed by atoms with Gasteiger partial charge in [-0.2, -0.15) is 9.97 Å². The van der Waals surface area contributed by atoms with Crippen LogP contribution in [0.15, 0.2) is 36.4 Å². The fraction of sp³-hybridized carbons (Fsp3) is 0.450. The molecule has 1 aliphatic heterocycles. The molecule has 1 fully saturated rings. The van der Waals surface area contributed by atoms with E-state index in [9.17, 15) is 0 Å². The van der Waals surface area contributed by atoms with Gasteiger partial charge in [-0.3, -0.25) is 0 Å². The van der Waals surface area contributed by atoms with Crippen molar-refractivity contribution in [1.29, 1.82) is 0 Å². The number of anilines is 2.